The average Bonchev–Trinajstić information content (AvgIpc) is 2.27. The van der Waals surface area contributed by atoms with Crippen molar-refractivity contribution in [3.63, 3.8) is 0 Å². The molecule has 0 bridgehead atoms. The fraction of sp³-hybridized carbons (Fsp3) is 0.538. The van der Waals surface area contributed by atoms with Crippen molar-refractivity contribution in [1.82, 2.24) is 0 Å². The highest BCUT2D eigenvalue weighted by molar-refractivity contribution is 5.47. The molecule has 0 fully saturated rings. The first-order valence-electron chi connectivity index (χ1n) is 5.72. The quantitative estimate of drug-likeness (QED) is 0.754. The fourth-order valence-electron chi connectivity index (χ4n) is 1.50. The van der Waals surface area contributed by atoms with E-state index in [1.165, 1.54) is 0 Å². The van der Waals surface area contributed by atoms with Gasteiger partial charge in [-0.25, -0.2) is 0 Å². The van der Waals surface area contributed by atoms with Crippen LogP contribution in [0.5, 0.6) is 5.75 Å². The van der Waals surface area contributed by atoms with Crippen LogP contribution >= 0.6 is 0 Å². The molecule has 1 aromatic carbocycles. The second-order valence-corrected chi connectivity index (χ2v) is 4.25. The van der Waals surface area contributed by atoms with Crippen LogP contribution in [0, 0.1) is 6.92 Å². The van der Waals surface area contributed by atoms with E-state index in [0.717, 1.165) is 17.0 Å². The maximum atomic E-state index is 10.1. The Labute approximate surface area is 97.2 Å². The number of anilines is 1. The molecule has 0 unspecified atom stereocenters. The average molecular weight is 223 g/mol. The Kier molecular flexibility index (Phi) is 4.19. The number of nitrogen functional groups attached to an aromatic ring is 1. The third kappa shape index (κ3) is 3.14. The number of hydrogen-bond acceptors (Lipinski definition) is 3. The standard InChI is InChI=1S/C13H21NO2/c1-4-13(15,5-2)9-16-12-7-6-11(14)8-10(12)3/h6-8,15H,4-5,9,14H2,1-3H3. The van der Waals surface area contributed by atoms with Gasteiger partial charge in [0.2, 0.25) is 0 Å². The van der Waals surface area contributed by atoms with Gasteiger partial charge in [-0.1, -0.05) is 13.8 Å². The van der Waals surface area contributed by atoms with E-state index >= 15 is 0 Å². The van der Waals surface area contributed by atoms with E-state index in [4.69, 9.17) is 10.5 Å². The van der Waals surface area contributed by atoms with Crippen molar-refractivity contribution in [2.24, 2.45) is 0 Å². The molecule has 3 N–H and O–H groups in total. The number of ether oxygens (including phenoxy) is 1. The zero-order valence-corrected chi connectivity index (χ0v) is 10.3. The third-order valence-corrected chi connectivity index (χ3v) is 3.01. The molecule has 0 heterocycles. The summed E-state index contributed by atoms with van der Waals surface area (Å²) in [6.07, 6.45) is 1.38. The van der Waals surface area contributed by atoms with E-state index in [9.17, 15) is 5.11 Å². The highest BCUT2D eigenvalue weighted by Crippen LogP contribution is 2.23. The SMILES string of the molecule is CCC(O)(CC)COc1ccc(N)cc1C. The summed E-state index contributed by atoms with van der Waals surface area (Å²) in [7, 11) is 0. The molecule has 16 heavy (non-hydrogen) atoms. The Bertz CT molecular complexity index is 346. The van der Waals surface area contributed by atoms with Gasteiger partial charge in [0.05, 0.1) is 5.60 Å². The van der Waals surface area contributed by atoms with Gasteiger partial charge in [0, 0.05) is 5.69 Å². The Morgan fingerprint density at radius 1 is 1.31 bits per heavy atom. The van der Waals surface area contributed by atoms with Crippen LogP contribution in [-0.4, -0.2) is 17.3 Å². The van der Waals surface area contributed by atoms with E-state index in [2.05, 4.69) is 0 Å². The molecule has 0 atom stereocenters. The van der Waals surface area contributed by atoms with Gasteiger partial charge >= 0.3 is 0 Å². The molecule has 0 aliphatic carbocycles. The summed E-state index contributed by atoms with van der Waals surface area (Å²) in [4.78, 5) is 0. The maximum Gasteiger partial charge on any atom is 0.122 e. The zero-order chi connectivity index (χ0) is 12.2. The minimum Gasteiger partial charge on any atom is -0.490 e. The van der Waals surface area contributed by atoms with E-state index < -0.39 is 5.60 Å². The van der Waals surface area contributed by atoms with Crippen molar-refractivity contribution < 1.29 is 9.84 Å². The molecule has 0 aliphatic heterocycles. The van der Waals surface area contributed by atoms with Crippen LogP contribution in [0.1, 0.15) is 32.3 Å². The van der Waals surface area contributed by atoms with Crippen LogP contribution in [0.15, 0.2) is 18.2 Å². The third-order valence-electron chi connectivity index (χ3n) is 3.01. The van der Waals surface area contributed by atoms with Gasteiger partial charge in [0.15, 0.2) is 0 Å². The summed E-state index contributed by atoms with van der Waals surface area (Å²) in [6, 6.07) is 5.52. The van der Waals surface area contributed by atoms with Gasteiger partial charge in [-0.3, -0.25) is 0 Å². The first kappa shape index (κ1) is 12.8. The maximum absolute atomic E-state index is 10.1. The molecule has 3 heteroatoms. The monoisotopic (exact) mass is 223 g/mol. The van der Waals surface area contributed by atoms with Gasteiger partial charge in [-0.05, 0) is 43.5 Å². The number of hydrogen-bond donors (Lipinski definition) is 2. The van der Waals surface area contributed by atoms with Crippen LogP contribution in [0.3, 0.4) is 0 Å². The highest BCUT2D eigenvalue weighted by Gasteiger charge is 2.23. The predicted octanol–water partition coefficient (Wildman–Crippen LogP) is 2.51. The van der Waals surface area contributed by atoms with Gasteiger partial charge in [-0.15, -0.1) is 0 Å². The van der Waals surface area contributed by atoms with Crippen molar-refractivity contribution >= 4 is 5.69 Å². The molecule has 0 amide bonds. The number of aryl methyl sites for hydroxylation is 1. The number of benzene rings is 1. The van der Waals surface area contributed by atoms with Crippen LogP contribution in [-0.2, 0) is 0 Å². The van der Waals surface area contributed by atoms with Gasteiger partial charge in [0.25, 0.3) is 0 Å². The van der Waals surface area contributed by atoms with Crippen LogP contribution < -0.4 is 10.5 Å². The minimum absolute atomic E-state index is 0.324. The van der Waals surface area contributed by atoms with E-state index in [1.807, 2.05) is 32.9 Å². The summed E-state index contributed by atoms with van der Waals surface area (Å²) >= 11 is 0. The Morgan fingerprint density at radius 2 is 1.94 bits per heavy atom. The Balaban J connectivity index is 2.67. The van der Waals surface area contributed by atoms with Gasteiger partial charge in [0.1, 0.15) is 12.4 Å². The lowest BCUT2D eigenvalue weighted by Gasteiger charge is -2.25. The van der Waals surface area contributed by atoms with E-state index in [0.29, 0.717) is 19.4 Å². The number of aliphatic hydroxyl groups is 1. The smallest absolute Gasteiger partial charge is 0.122 e. The normalized spacial score (nSPS) is 11.5. The van der Waals surface area contributed by atoms with Crippen LogP contribution in [0.25, 0.3) is 0 Å². The molecule has 0 saturated heterocycles. The van der Waals surface area contributed by atoms with E-state index in [1.54, 1.807) is 6.07 Å². The summed E-state index contributed by atoms with van der Waals surface area (Å²) in [5, 5.41) is 10.1. The lowest BCUT2D eigenvalue weighted by molar-refractivity contribution is -0.0115. The summed E-state index contributed by atoms with van der Waals surface area (Å²) in [6.45, 7) is 6.19. The second kappa shape index (κ2) is 5.21. The van der Waals surface area contributed by atoms with Crippen LogP contribution in [0.4, 0.5) is 5.69 Å². The number of nitrogens with two attached hydrogens (primary N) is 1. The van der Waals surface area contributed by atoms with Gasteiger partial charge in [-0.2, -0.15) is 0 Å². The van der Waals surface area contributed by atoms with Crippen molar-refractivity contribution in [1.29, 1.82) is 0 Å². The molecular weight excluding hydrogens is 202 g/mol. The molecule has 3 nitrogen and oxygen atoms in total. The summed E-state index contributed by atoms with van der Waals surface area (Å²) < 4.78 is 5.63. The second-order valence-electron chi connectivity index (χ2n) is 4.25. The van der Waals surface area contributed by atoms with Gasteiger partial charge < -0.3 is 15.6 Å². The highest BCUT2D eigenvalue weighted by atomic mass is 16.5. The molecular formula is C13H21NO2. The topological polar surface area (TPSA) is 55.5 Å². The minimum atomic E-state index is -0.728. The summed E-state index contributed by atoms with van der Waals surface area (Å²) in [5.74, 6) is 0.787. The first-order valence-corrected chi connectivity index (χ1v) is 5.72. The van der Waals surface area contributed by atoms with Crippen LogP contribution in [0.2, 0.25) is 0 Å². The Hall–Kier alpha value is -1.22. The van der Waals surface area contributed by atoms with Crippen molar-refractivity contribution in [2.75, 3.05) is 12.3 Å². The summed E-state index contributed by atoms with van der Waals surface area (Å²) in [5.41, 5.74) is 6.65. The van der Waals surface area contributed by atoms with Crippen molar-refractivity contribution in [3.8, 4) is 5.75 Å². The predicted molar refractivity (Wildman–Crippen MR) is 66.6 cm³/mol. The molecule has 1 aromatic rings. The van der Waals surface area contributed by atoms with E-state index in [-0.39, 0.29) is 0 Å². The fourth-order valence-corrected chi connectivity index (χ4v) is 1.50. The molecule has 0 radical (unpaired) electrons. The molecule has 0 saturated carbocycles. The molecule has 0 aromatic heterocycles. The van der Waals surface area contributed by atoms with Crippen molar-refractivity contribution in [3.05, 3.63) is 23.8 Å². The lowest BCUT2D eigenvalue weighted by atomic mass is 9.99. The first-order chi connectivity index (χ1) is 7.50. The zero-order valence-electron chi connectivity index (χ0n) is 10.3. The molecule has 1 rings (SSSR count). The number of rotatable bonds is 5. The Morgan fingerprint density at radius 3 is 2.44 bits per heavy atom. The largest absolute Gasteiger partial charge is 0.490 e. The molecule has 0 spiro atoms. The lowest BCUT2D eigenvalue weighted by Crippen LogP contribution is -2.34. The van der Waals surface area contributed by atoms with Crippen molar-refractivity contribution in [2.45, 2.75) is 39.2 Å². The molecule has 0 aliphatic rings. The molecule has 90 valence electrons.